The summed E-state index contributed by atoms with van der Waals surface area (Å²) >= 11 is 0. The first-order valence-corrected chi connectivity index (χ1v) is 11.0. The molecule has 2 saturated heterocycles. The lowest BCUT2D eigenvalue weighted by atomic mass is 9.84. The van der Waals surface area contributed by atoms with E-state index in [9.17, 15) is 30.6 Å². The van der Waals surface area contributed by atoms with Crippen LogP contribution in [0.25, 0.3) is 0 Å². The molecule has 33 heavy (non-hydrogen) atoms. The maximum Gasteiger partial charge on any atom is 0.185 e. The SMILES string of the molecule is CNC1C(O)C(OC2C(N)CC(N)C(OC3OC(CO)C(O)C(O)C3N)C2O)OCC1(C)O. The highest BCUT2D eigenvalue weighted by Crippen LogP contribution is 2.31. The smallest absolute Gasteiger partial charge is 0.185 e. The van der Waals surface area contributed by atoms with Gasteiger partial charge in [0.1, 0.15) is 48.3 Å². The minimum atomic E-state index is -1.44. The molecular formula is C19H38N4O10. The summed E-state index contributed by atoms with van der Waals surface area (Å²) < 4.78 is 22.6. The second kappa shape index (κ2) is 10.6. The minimum absolute atomic E-state index is 0.134. The van der Waals surface area contributed by atoms with E-state index in [1.807, 2.05) is 0 Å². The Hall–Kier alpha value is -0.560. The van der Waals surface area contributed by atoms with E-state index in [1.165, 1.54) is 6.92 Å². The molecule has 3 rings (SSSR count). The van der Waals surface area contributed by atoms with Gasteiger partial charge in [0.15, 0.2) is 12.6 Å². The van der Waals surface area contributed by atoms with Gasteiger partial charge in [0, 0.05) is 12.1 Å². The van der Waals surface area contributed by atoms with Gasteiger partial charge >= 0.3 is 0 Å². The van der Waals surface area contributed by atoms with Crippen LogP contribution in [0.3, 0.4) is 0 Å². The molecule has 0 aromatic rings. The number of nitrogens with one attached hydrogen (secondary N) is 1. The van der Waals surface area contributed by atoms with Gasteiger partial charge < -0.3 is 72.1 Å². The van der Waals surface area contributed by atoms with E-state index >= 15 is 0 Å². The number of ether oxygens (including phenoxy) is 4. The Kier molecular flexibility index (Phi) is 8.68. The lowest BCUT2D eigenvalue weighted by Crippen LogP contribution is -2.69. The highest BCUT2D eigenvalue weighted by atomic mass is 16.7. The van der Waals surface area contributed by atoms with E-state index in [-0.39, 0.29) is 13.0 Å². The first-order chi connectivity index (χ1) is 15.4. The van der Waals surface area contributed by atoms with E-state index in [0.717, 1.165) is 0 Å². The van der Waals surface area contributed by atoms with E-state index in [2.05, 4.69) is 5.32 Å². The molecule has 0 amide bonds. The topological polar surface area (TPSA) is 248 Å². The second-order valence-corrected chi connectivity index (χ2v) is 9.33. The molecule has 14 unspecified atom stereocenters. The minimum Gasteiger partial charge on any atom is -0.394 e. The number of aliphatic hydroxyl groups excluding tert-OH is 5. The number of hydrogen-bond donors (Lipinski definition) is 10. The van der Waals surface area contributed by atoms with Gasteiger partial charge in [-0.15, -0.1) is 0 Å². The van der Waals surface area contributed by atoms with Gasteiger partial charge in [0.25, 0.3) is 0 Å². The summed E-state index contributed by atoms with van der Waals surface area (Å²) in [5.74, 6) is 0. The third-order valence-electron chi connectivity index (χ3n) is 6.71. The molecule has 0 radical (unpaired) electrons. The van der Waals surface area contributed by atoms with Crippen LogP contribution in [0, 0.1) is 0 Å². The van der Waals surface area contributed by atoms with Crippen molar-refractivity contribution in [1.82, 2.24) is 5.32 Å². The molecular weight excluding hydrogens is 444 g/mol. The number of nitrogens with two attached hydrogens (primary N) is 3. The monoisotopic (exact) mass is 482 g/mol. The lowest BCUT2D eigenvalue weighted by Gasteiger charge is -2.49. The second-order valence-electron chi connectivity index (χ2n) is 9.33. The van der Waals surface area contributed by atoms with Crippen molar-refractivity contribution in [2.45, 2.75) is 98.4 Å². The van der Waals surface area contributed by atoms with E-state index in [4.69, 9.17) is 36.1 Å². The van der Waals surface area contributed by atoms with Crippen molar-refractivity contribution < 1.29 is 49.6 Å². The van der Waals surface area contributed by atoms with Crippen molar-refractivity contribution in [3.05, 3.63) is 0 Å². The van der Waals surface area contributed by atoms with Gasteiger partial charge in [-0.25, -0.2) is 0 Å². The Morgan fingerprint density at radius 3 is 2.06 bits per heavy atom. The van der Waals surface area contributed by atoms with Gasteiger partial charge in [-0.3, -0.25) is 0 Å². The quantitative estimate of drug-likeness (QED) is 0.169. The van der Waals surface area contributed by atoms with Crippen LogP contribution in [0.1, 0.15) is 13.3 Å². The molecule has 2 heterocycles. The Balaban J connectivity index is 1.71. The summed E-state index contributed by atoms with van der Waals surface area (Å²) in [5, 5.41) is 64.4. The van der Waals surface area contributed by atoms with E-state index in [0.29, 0.717) is 0 Å². The van der Waals surface area contributed by atoms with Crippen molar-refractivity contribution in [1.29, 1.82) is 0 Å². The highest BCUT2D eigenvalue weighted by Gasteiger charge is 2.52. The van der Waals surface area contributed by atoms with Crippen LogP contribution in [0.2, 0.25) is 0 Å². The number of hydrogen-bond acceptors (Lipinski definition) is 14. The molecule has 14 heteroatoms. The average molecular weight is 483 g/mol. The van der Waals surface area contributed by atoms with Crippen LogP contribution in [-0.2, 0) is 18.9 Å². The summed E-state index contributed by atoms with van der Waals surface area (Å²) in [5.41, 5.74) is 16.9. The molecule has 0 aromatic carbocycles. The third kappa shape index (κ3) is 5.34. The Morgan fingerprint density at radius 1 is 0.939 bits per heavy atom. The zero-order valence-electron chi connectivity index (χ0n) is 18.7. The largest absolute Gasteiger partial charge is 0.394 e. The molecule has 0 spiro atoms. The zero-order valence-corrected chi connectivity index (χ0v) is 18.7. The highest BCUT2D eigenvalue weighted by molar-refractivity contribution is 5.02. The third-order valence-corrected chi connectivity index (χ3v) is 6.71. The van der Waals surface area contributed by atoms with Gasteiger partial charge in [-0.1, -0.05) is 0 Å². The van der Waals surface area contributed by atoms with Gasteiger partial charge in [0.2, 0.25) is 0 Å². The normalized spacial score (nSPS) is 53.7. The van der Waals surface area contributed by atoms with Crippen molar-refractivity contribution >= 4 is 0 Å². The number of likely N-dealkylation sites (N-methyl/N-ethyl adjacent to an activating group) is 1. The van der Waals surface area contributed by atoms with Crippen LogP contribution >= 0.6 is 0 Å². The fourth-order valence-electron chi connectivity index (χ4n) is 4.74. The summed E-state index contributed by atoms with van der Waals surface area (Å²) in [7, 11) is 1.58. The molecule has 2 aliphatic heterocycles. The van der Waals surface area contributed by atoms with Crippen molar-refractivity contribution in [2.75, 3.05) is 20.3 Å². The summed E-state index contributed by atoms with van der Waals surface area (Å²) in [6.45, 7) is 0.787. The first kappa shape index (κ1) is 27.0. The average Bonchev–Trinajstić information content (AvgIpc) is 2.75. The van der Waals surface area contributed by atoms with Crippen LogP contribution < -0.4 is 22.5 Å². The van der Waals surface area contributed by atoms with Crippen molar-refractivity contribution in [3.8, 4) is 0 Å². The fourth-order valence-corrected chi connectivity index (χ4v) is 4.74. The predicted molar refractivity (Wildman–Crippen MR) is 111 cm³/mol. The first-order valence-electron chi connectivity index (χ1n) is 11.0. The number of rotatable bonds is 6. The predicted octanol–water partition coefficient (Wildman–Crippen LogP) is -6.00. The van der Waals surface area contributed by atoms with Crippen LogP contribution in [-0.4, -0.2) is 136 Å². The molecule has 194 valence electrons. The van der Waals surface area contributed by atoms with E-state index < -0.39 is 91.7 Å². The van der Waals surface area contributed by atoms with Crippen molar-refractivity contribution in [2.24, 2.45) is 17.2 Å². The van der Waals surface area contributed by atoms with Gasteiger partial charge in [-0.05, 0) is 20.4 Å². The Labute approximate surface area is 191 Å². The Morgan fingerprint density at radius 2 is 1.52 bits per heavy atom. The Bertz CT molecular complexity index is 646. The molecule has 1 saturated carbocycles. The van der Waals surface area contributed by atoms with Gasteiger partial charge in [-0.2, -0.15) is 0 Å². The standard InChI is InChI=1S/C19H38N4O10/c1-19(29)5-30-18(13(28)16(19)23-2)33-15-7(21)3-6(20)14(12(15)27)32-17-9(22)11(26)10(25)8(4-24)31-17/h6-18,23-29H,3-5,20-22H2,1-2H3. The van der Waals surface area contributed by atoms with Crippen LogP contribution in [0.4, 0.5) is 0 Å². The lowest BCUT2D eigenvalue weighted by molar-refractivity contribution is -0.316. The van der Waals surface area contributed by atoms with Crippen LogP contribution in [0.15, 0.2) is 0 Å². The molecule has 14 atom stereocenters. The molecule has 3 fully saturated rings. The van der Waals surface area contributed by atoms with E-state index in [1.54, 1.807) is 7.05 Å². The van der Waals surface area contributed by atoms with Crippen molar-refractivity contribution in [3.63, 3.8) is 0 Å². The summed E-state index contributed by atoms with van der Waals surface area (Å²) in [4.78, 5) is 0. The zero-order chi connectivity index (χ0) is 24.7. The fraction of sp³-hybridized carbons (Fsp3) is 1.00. The molecule has 0 aromatic heterocycles. The molecule has 3 aliphatic rings. The van der Waals surface area contributed by atoms with Crippen LogP contribution in [0.5, 0.6) is 0 Å². The van der Waals surface area contributed by atoms with Gasteiger partial charge in [0.05, 0.1) is 25.3 Å². The molecule has 14 nitrogen and oxygen atoms in total. The molecule has 1 aliphatic carbocycles. The maximum atomic E-state index is 11.0. The summed E-state index contributed by atoms with van der Waals surface area (Å²) in [6.07, 6.45) is -11.2. The summed E-state index contributed by atoms with van der Waals surface area (Å²) in [6, 6.07) is -3.44. The maximum absolute atomic E-state index is 11.0. The molecule has 0 bridgehead atoms. The number of aliphatic hydroxyl groups is 6. The molecule has 13 N–H and O–H groups in total.